The minimum Gasteiger partial charge on any atom is -0.493 e. The number of esters is 1. The van der Waals surface area contributed by atoms with Crippen LogP contribution < -0.4 is 9.47 Å². The maximum atomic E-state index is 10.7. The van der Waals surface area contributed by atoms with E-state index < -0.39 is 0 Å². The topological polar surface area (TPSA) is 35.5 Å². The standard InChI is InChI=1S/C10H10O3/c1-7(11)13-9-2-3-10-8(6-9)4-5-12-10/h2-3,6H,4-5H2,1H3. The Morgan fingerprint density at radius 3 is 3.15 bits per heavy atom. The van der Waals surface area contributed by atoms with Crippen LogP contribution in [-0.4, -0.2) is 12.6 Å². The molecule has 1 heterocycles. The third kappa shape index (κ3) is 1.64. The van der Waals surface area contributed by atoms with Gasteiger partial charge in [-0.1, -0.05) is 0 Å². The quantitative estimate of drug-likeness (QED) is 0.483. The fourth-order valence-corrected chi connectivity index (χ4v) is 1.39. The summed E-state index contributed by atoms with van der Waals surface area (Å²) in [7, 11) is 0. The van der Waals surface area contributed by atoms with E-state index in [1.807, 2.05) is 12.1 Å². The van der Waals surface area contributed by atoms with Gasteiger partial charge in [0.15, 0.2) is 0 Å². The van der Waals surface area contributed by atoms with Crippen molar-refractivity contribution in [1.82, 2.24) is 0 Å². The van der Waals surface area contributed by atoms with Gasteiger partial charge in [-0.05, 0) is 18.2 Å². The molecule has 0 radical (unpaired) electrons. The molecular weight excluding hydrogens is 168 g/mol. The number of hydrogen-bond donors (Lipinski definition) is 0. The van der Waals surface area contributed by atoms with E-state index in [9.17, 15) is 4.79 Å². The Labute approximate surface area is 76.3 Å². The molecule has 0 unspecified atom stereocenters. The van der Waals surface area contributed by atoms with Crippen molar-refractivity contribution in [2.45, 2.75) is 13.3 Å². The van der Waals surface area contributed by atoms with Gasteiger partial charge < -0.3 is 9.47 Å². The summed E-state index contributed by atoms with van der Waals surface area (Å²) in [5.41, 5.74) is 1.11. The maximum Gasteiger partial charge on any atom is 0.308 e. The molecule has 1 aliphatic heterocycles. The molecule has 3 heteroatoms. The van der Waals surface area contributed by atoms with Gasteiger partial charge >= 0.3 is 5.97 Å². The van der Waals surface area contributed by atoms with Gasteiger partial charge in [-0.15, -0.1) is 0 Å². The maximum absolute atomic E-state index is 10.7. The van der Waals surface area contributed by atoms with Crippen LogP contribution in [0.15, 0.2) is 18.2 Å². The summed E-state index contributed by atoms with van der Waals surface area (Å²) in [5, 5.41) is 0. The average Bonchev–Trinajstić information content (AvgIpc) is 2.49. The van der Waals surface area contributed by atoms with Gasteiger partial charge in [0.2, 0.25) is 0 Å². The van der Waals surface area contributed by atoms with Gasteiger partial charge in [0.05, 0.1) is 6.61 Å². The van der Waals surface area contributed by atoms with Crippen LogP contribution >= 0.6 is 0 Å². The summed E-state index contributed by atoms with van der Waals surface area (Å²) < 4.78 is 10.3. The minimum absolute atomic E-state index is 0.293. The minimum atomic E-state index is -0.293. The highest BCUT2D eigenvalue weighted by Crippen LogP contribution is 2.28. The van der Waals surface area contributed by atoms with Gasteiger partial charge in [0.1, 0.15) is 11.5 Å². The van der Waals surface area contributed by atoms with Crippen LogP contribution in [0.3, 0.4) is 0 Å². The van der Waals surface area contributed by atoms with Crippen LogP contribution in [0.5, 0.6) is 11.5 Å². The Bertz CT molecular complexity index is 344. The van der Waals surface area contributed by atoms with Crippen molar-refractivity contribution in [3.05, 3.63) is 23.8 Å². The summed E-state index contributed by atoms with van der Waals surface area (Å²) in [6.07, 6.45) is 0.893. The molecule has 1 aromatic carbocycles. The van der Waals surface area contributed by atoms with Gasteiger partial charge in [0.25, 0.3) is 0 Å². The number of fused-ring (bicyclic) bond motifs is 1. The molecule has 0 atom stereocenters. The summed E-state index contributed by atoms with van der Waals surface area (Å²) in [6.45, 7) is 2.11. The molecule has 3 nitrogen and oxygen atoms in total. The van der Waals surface area contributed by atoms with Gasteiger partial charge in [-0.2, -0.15) is 0 Å². The highest BCUT2D eigenvalue weighted by atomic mass is 16.5. The molecule has 0 aromatic heterocycles. The Hall–Kier alpha value is -1.51. The SMILES string of the molecule is CC(=O)Oc1ccc2c(c1)CCO2. The van der Waals surface area contributed by atoms with Crippen LogP contribution in [0.25, 0.3) is 0 Å². The lowest BCUT2D eigenvalue weighted by Gasteiger charge is -2.02. The second kappa shape index (κ2) is 3.09. The van der Waals surface area contributed by atoms with Crippen LogP contribution in [0, 0.1) is 0 Å². The molecule has 1 aromatic rings. The number of carbonyl (C=O) groups excluding carboxylic acids is 1. The summed E-state index contributed by atoms with van der Waals surface area (Å²) >= 11 is 0. The van der Waals surface area contributed by atoms with Crippen molar-refractivity contribution >= 4 is 5.97 Å². The Morgan fingerprint density at radius 2 is 2.38 bits per heavy atom. The first kappa shape index (κ1) is 8.10. The first-order valence-electron chi connectivity index (χ1n) is 4.20. The van der Waals surface area contributed by atoms with E-state index in [1.165, 1.54) is 6.92 Å². The summed E-state index contributed by atoms with van der Waals surface area (Å²) in [4.78, 5) is 10.7. The molecule has 13 heavy (non-hydrogen) atoms. The number of benzene rings is 1. The molecule has 0 saturated carbocycles. The van der Waals surface area contributed by atoms with E-state index in [2.05, 4.69) is 0 Å². The van der Waals surface area contributed by atoms with Crippen molar-refractivity contribution < 1.29 is 14.3 Å². The van der Waals surface area contributed by atoms with E-state index >= 15 is 0 Å². The second-order valence-electron chi connectivity index (χ2n) is 2.96. The zero-order chi connectivity index (χ0) is 9.26. The number of carbonyl (C=O) groups is 1. The van der Waals surface area contributed by atoms with Crippen LogP contribution in [0.2, 0.25) is 0 Å². The molecule has 0 spiro atoms. The van der Waals surface area contributed by atoms with Crippen molar-refractivity contribution in [3.8, 4) is 11.5 Å². The molecule has 0 bridgehead atoms. The zero-order valence-electron chi connectivity index (χ0n) is 7.37. The normalized spacial score (nSPS) is 13.3. The first-order valence-corrected chi connectivity index (χ1v) is 4.20. The lowest BCUT2D eigenvalue weighted by molar-refractivity contribution is -0.131. The fourth-order valence-electron chi connectivity index (χ4n) is 1.39. The second-order valence-corrected chi connectivity index (χ2v) is 2.96. The molecule has 68 valence electrons. The van der Waals surface area contributed by atoms with Crippen molar-refractivity contribution in [1.29, 1.82) is 0 Å². The molecule has 0 saturated heterocycles. The molecular formula is C10H10O3. The van der Waals surface area contributed by atoms with Gasteiger partial charge in [-0.25, -0.2) is 0 Å². The highest BCUT2D eigenvalue weighted by Gasteiger charge is 2.12. The third-order valence-electron chi connectivity index (χ3n) is 1.92. The fraction of sp³-hybridized carbons (Fsp3) is 0.300. The highest BCUT2D eigenvalue weighted by molar-refractivity contribution is 5.69. The third-order valence-corrected chi connectivity index (χ3v) is 1.92. The van der Waals surface area contributed by atoms with Gasteiger partial charge in [0, 0.05) is 18.9 Å². The predicted molar refractivity (Wildman–Crippen MR) is 47.0 cm³/mol. The van der Waals surface area contributed by atoms with E-state index in [0.29, 0.717) is 5.75 Å². The number of rotatable bonds is 1. The van der Waals surface area contributed by atoms with Crippen molar-refractivity contribution in [3.63, 3.8) is 0 Å². The monoisotopic (exact) mass is 178 g/mol. The van der Waals surface area contributed by atoms with Crippen LogP contribution in [-0.2, 0) is 11.2 Å². The van der Waals surface area contributed by atoms with Crippen LogP contribution in [0.1, 0.15) is 12.5 Å². The van der Waals surface area contributed by atoms with Crippen molar-refractivity contribution in [2.24, 2.45) is 0 Å². The first-order chi connectivity index (χ1) is 6.25. The average molecular weight is 178 g/mol. The smallest absolute Gasteiger partial charge is 0.308 e. The Balaban J connectivity index is 2.25. The Kier molecular flexibility index (Phi) is 1.93. The van der Waals surface area contributed by atoms with E-state index in [0.717, 1.165) is 24.3 Å². The molecule has 1 aliphatic rings. The Morgan fingerprint density at radius 1 is 1.54 bits per heavy atom. The molecule has 0 aliphatic carbocycles. The molecule has 2 rings (SSSR count). The van der Waals surface area contributed by atoms with E-state index in [1.54, 1.807) is 6.07 Å². The van der Waals surface area contributed by atoms with E-state index in [4.69, 9.17) is 9.47 Å². The number of hydrogen-bond acceptors (Lipinski definition) is 3. The molecule has 0 fully saturated rings. The number of ether oxygens (including phenoxy) is 2. The lowest BCUT2D eigenvalue weighted by atomic mass is 10.2. The summed E-state index contributed by atoms with van der Waals surface area (Å²) in [5.74, 6) is 1.20. The molecule has 0 amide bonds. The summed E-state index contributed by atoms with van der Waals surface area (Å²) in [6, 6.07) is 5.43. The predicted octanol–water partition coefficient (Wildman–Crippen LogP) is 1.55. The van der Waals surface area contributed by atoms with E-state index in [-0.39, 0.29) is 5.97 Å². The molecule has 0 N–H and O–H groups in total. The lowest BCUT2D eigenvalue weighted by Crippen LogP contribution is -2.01. The van der Waals surface area contributed by atoms with Crippen LogP contribution in [0.4, 0.5) is 0 Å². The van der Waals surface area contributed by atoms with Gasteiger partial charge in [-0.3, -0.25) is 4.79 Å². The van der Waals surface area contributed by atoms with Crippen molar-refractivity contribution in [2.75, 3.05) is 6.61 Å². The zero-order valence-corrected chi connectivity index (χ0v) is 7.37. The largest absolute Gasteiger partial charge is 0.493 e.